The van der Waals surface area contributed by atoms with Crippen LogP contribution in [0.3, 0.4) is 0 Å². The average Bonchev–Trinajstić information content (AvgIpc) is 1.51. The van der Waals surface area contributed by atoms with Crippen molar-refractivity contribution < 1.29 is 0 Å². The Balaban J connectivity index is 0.593. The van der Waals surface area contributed by atoms with E-state index < -0.39 is 0 Å². The van der Waals surface area contributed by atoms with Crippen molar-refractivity contribution in [2.45, 2.75) is 129 Å². The molecule has 0 heterocycles. The molecule has 0 radical (unpaired) electrons. The predicted molar refractivity (Wildman–Crippen MR) is 445 cm³/mol. The van der Waals surface area contributed by atoms with Crippen molar-refractivity contribution in [3.05, 3.63) is 357 Å². The predicted octanol–water partition coefficient (Wildman–Crippen LogP) is 28.1. The Morgan fingerprint density at radius 1 is 0.212 bits per heavy atom. The summed E-state index contributed by atoms with van der Waals surface area (Å²) in [6.45, 7) is 32.7. The molecule has 17 rings (SSSR count). The molecule has 0 saturated carbocycles. The second-order valence-corrected chi connectivity index (χ2v) is 33.9. The van der Waals surface area contributed by atoms with E-state index in [9.17, 15) is 0 Å². The van der Waals surface area contributed by atoms with Crippen LogP contribution in [-0.4, -0.2) is 0 Å². The van der Waals surface area contributed by atoms with Crippen LogP contribution in [0.15, 0.2) is 279 Å². The van der Waals surface area contributed by atoms with Gasteiger partial charge in [-0.1, -0.05) is 315 Å². The molecule has 13 aromatic rings. The monoisotopic (exact) mass is 1340 g/mol. The van der Waals surface area contributed by atoms with E-state index in [0.717, 1.165) is 34.1 Å². The van der Waals surface area contributed by atoms with Gasteiger partial charge in [0.2, 0.25) is 0 Å². The quantitative estimate of drug-likeness (QED) is 0.113. The summed E-state index contributed by atoms with van der Waals surface area (Å²) < 4.78 is 0. The van der Waals surface area contributed by atoms with Crippen LogP contribution in [0.5, 0.6) is 0 Å². The van der Waals surface area contributed by atoms with Gasteiger partial charge < -0.3 is 9.80 Å². The van der Waals surface area contributed by atoms with E-state index in [-0.39, 0.29) is 32.5 Å². The molecular formula is C102H92N2. The fraction of sp³-hybridized carbons (Fsp3) is 0.196. The van der Waals surface area contributed by atoms with Crippen LogP contribution in [0.1, 0.15) is 175 Å². The number of anilines is 6. The van der Waals surface area contributed by atoms with E-state index in [1.807, 2.05) is 0 Å². The lowest BCUT2D eigenvalue weighted by molar-refractivity contribution is 0.590. The maximum absolute atomic E-state index is 2.45. The highest BCUT2D eigenvalue weighted by Crippen LogP contribution is 2.56. The van der Waals surface area contributed by atoms with Crippen LogP contribution < -0.4 is 9.80 Å². The van der Waals surface area contributed by atoms with Crippen molar-refractivity contribution in [1.82, 2.24) is 0 Å². The molecule has 0 unspecified atom stereocenters. The van der Waals surface area contributed by atoms with Gasteiger partial charge in [0, 0.05) is 55.8 Å². The highest BCUT2D eigenvalue weighted by Gasteiger charge is 2.40. The summed E-state index contributed by atoms with van der Waals surface area (Å²) >= 11 is 0. The fourth-order valence-electron chi connectivity index (χ4n) is 17.6. The summed E-state index contributed by atoms with van der Waals surface area (Å²) in [5.41, 5.74) is 40.2. The third-order valence-corrected chi connectivity index (χ3v) is 23.8. The molecule has 510 valence electrons. The normalized spacial score (nSPS) is 15.1. The second kappa shape index (κ2) is 24.3. The Labute approximate surface area is 617 Å². The van der Waals surface area contributed by atoms with Gasteiger partial charge in [-0.3, -0.25) is 0 Å². The number of benzene rings is 13. The van der Waals surface area contributed by atoms with Gasteiger partial charge in [0.25, 0.3) is 0 Å². The molecule has 0 amide bonds. The molecule has 0 atom stereocenters. The zero-order valence-corrected chi connectivity index (χ0v) is 62.8. The molecule has 104 heavy (non-hydrogen) atoms. The molecule has 4 aliphatic carbocycles. The summed E-state index contributed by atoms with van der Waals surface area (Å²) in [6.07, 6.45) is 9.04. The zero-order chi connectivity index (χ0) is 72.0. The number of nitrogens with zero attached hydrogens (tertiary/aromatic N) is 2. The standard InChI is InChI=1S/C102H92N2/c1-97(2,3)73-39-47-77(48-40-73)103(75-43-33-69(34-44-75)71-37-55-85-81-19-15-17-21-89(81)99(7,8)93(85)61-71)79-51-57-87-83-53-31-67(59-91(83)101(11,12)95(87)63-79)29-27-65-23-25-66(26-24-65)28-30-68-32-54-84-88-58-52-80(64-96(88)102(13,14)92(84)60-68)104(78-49-41-74(42-50-78)98(4,5)6)76-45-35-70(36-46-76)72-38-56-86-82-20-16-18-22-90(82)100(9,10)94(86)62-72/h15-64H,1-14H3. The SMILES string of the molecule is CC(C)(C)c1ccc(N(c2ccc(-c3ccc4c(c3)C(C)(C)c3ccccc3-4)cc2)c2ccc3c(c2)C(C)(C)c2cc(C=Cc4ccc(C=Cc5ccc6c(c5)C(C)(C)c5cc(N(c7ccc(-c8ccc9c(c8)C(C)(C)c8ccccc8-9)cc7)c7ccc(C(C)(C)C)cc7)ccc5-6)cc4)ccc2-3)cc1. The fourth-order valence-corrected chi connectivity index (χ4v) is 17.6. The number of fused-ring (bicyclic) bond motifs is 12. The summed E-state index contributed by atoms with van der Waals surface area (Å²) in [7, 11) is 0. The molecule has 4 aliphatic rings. The maximum Gasteiger partial charge on any atom is 0.0465 e. The first-order valence-electron chi connectivity index (χ1n) is 37.4. The van der Waals surface area contributed by atoms with E-state index in [2.05, 4.69) is 410 Å². The maximum atomic E-state index is 2.45. The number of hydrogen-bond acceptors (Lipinski definition) is 2. The highest BCUT2D eigenvalue weighted by molar-refractivity contribution is 5.92. The van der Waals surface area contributed by atoms with Gasteiger partial charge in [-0.15, -0.1) is 0 Å². The lowest BCUT2D eigenvalue weighted by Crippen LogP contribution is -2.17. The van der Waals surface area contributed by atoms with Crippen molar-refractivity contribution in [2.75, 3.05) is 9.80 Å². The van der Waals surface area contributed by atoms with Crippen LogP contribution in [0.4, 0.5) is 34.1 Å². The molecule has 0 N–H and O–H groups in total. The highest BCUT2D eigenvalue weighted by atomic mass is 15.1. The molecule has 2 heteroatoms. The summed E-state index contributed by atoms with van der Waals surface area (Å²) in [6, 6.07) is 106. The minimum absolute atomic E-state index is 0.0458. The van der Waals surface area contributed by atoms with Gasteiger partial charge in [-0.2, -0.15) is 0 Å². The molecule has 2 nitrogen and oxygen atoms in total. The topological polar surface area (TPSA) is 6.48 Å². The summed E-state index contributed by atoms with van der Waals surface area (Å²) in [5.74, 6) is 0. The van der Waals surface area contributed by atoms with Crippen molar-refractivity contribution >= 4 is 58.4 Å². The third kappa shape index (κ3) is 11.1. The van der Waals surface area contributed by atoms with Crippen LogP contribution in [0.2, 0.25) is 0 Å². The van der Waals surface area contributed by atoms with Gasteiger partial charge in [-0.25, -0.2) is 0 Å². The molecule has 0 bridgehead atoms. The van der Waals surface area contributed by atoms with Crippen molar-refractivity contribution in [2.24, 2.45) is 0 Å². The van der Waals surface area contributed by atoms with Crippen LogP contribution in [0, 0.1) is 0 Å². The van der Waals surface area contributed by atoms with Gasteiger partial charge >= 0.3 is 0 Å². The minimum Gasteiger partial charge on any atom is -0.310 e. The molecule has 0 saturated heterocycles. The summed E-state index contributed by atoms with van der Waals surface area (Å²) in [5, 5.41) is 0. The number of rotatable bonds is 12. The Bertz CT molecular complexity index is 5280. The van der Waals surface area contributed by atoms with Gasteiger partial charge in [0.15, 0.2) is 0 Å². The van der Waals surface area contributed by atoms with Crippen LogP contribution in [0.25, 0.3) is 91.1 Å². The molecule has 0 aromatic heterocycles. The smallest absolute Gasteiger partial charge is 0.0465 e. The van der Waals surface area contributed by atoms with Crippen molar-refractivity contribution in [1.29, 1.82) is 0 Å². The first-order valence-corrected chi connectivity index (χ1v) is 37.4. The second-order valence-electron chi connectivity index (χ2n) is 33.9. The van der Waals surface area contributed by atoms with E-state index in [1.165, 1.54) is 145 Å². The largest absolute Gasteiger partial charge is 0.310 e. The first kappa shape index (κ1) is 66.2. The zero-order valence-electron chi connectivity index (χ0n) is 62.8. The van der Waals surface area contributed by atoms with Crippen molar-refractivity contribution in [3.8, 4) is 66.8 Å². The van der Waals surface area contributed by atoms with Gasteiger partial charge in [0.05, 0.1) is 0 Å². The lowest BCUT2D eigenvalue weighted by atomic mass is 9.81. The van der Waals surface area contributed by atoms with Gasteiger partial charge in [0.1, 0.15) is 0 Å². The van der Waals surface area contributed by atoms with E-state index in [0.29, 0.717) is 0 Å². The van der Waals surface area contributed by atoms with Crippen molar-refractivity contribution in [3.63, 3.8) is 0 Å². The molecular weight excluding hydrogens is 1250 g/mol. The molecule has 13 aromatic carbocycles. The van der Waals surface area contributed by atoms with Crippen LogP contribution >= 0.6 is 0 Å². The Hall–Kier alpha value is -11.1. The first-order chi connectivity index (χ1) is 49.8. The Morgan fingerprint density at radius 2 is 0.452 bits per heavy atom. The van der Waals surface area contributed by atoms with E-state index >= 15 is 0 Å². The third-order valence-electron chi connectivity index (χ3n) is 23.8. The van der Waals surface area contributed by atoms with E-state index in [4.69, 9.17) is 0 Å². The van der Waals surface area contributed by atoms with Gasteiger partial charge in [-0.05, 0) is 240 Å². The Morgan fingerprint density at radius 3 is 0.798 bits per heavy atom. The summed E-state index contributed by atoms with van der Waals surface area (Å²) in [4.78, 5) is 4.87. The number of hydrogen-bond donors (Lipinski definition) is 0. The Kier molecular flexibility index (Phi) is 15.5. The van der Waals surface area contributed by atoms with E-state index in [1.54, 1.807) is 0 Å². The average molecular weight is 1350 g/mol. The molecule has 0 spiro atoms. The minimum atomic E-state index is -0.221. The molecule has 0 fully saturated rings. The lowest BCUT2D eigenvalue weighted by Gasteiger charge is -2.29. The van der Waals surface area contributed by atoms with Crippen LogP contribution in [-0.2, 0) is 32.5 Å². The molecule has 0 aliphatic heterocycles.